The number of hydrogen-bond acceptors (Lipinski definition) is 6. The molecule has 2 N–H and O–H groups in total. The van der Waals surface area contributed by atoms with E-state index in [1.54, 1.807) is 0 Å². The van der Waals surface area contributed by atoms with Crippen molar-refractivity contribution in [3.05, 3.63) is 103 Å². The molecule has 180 valence electrons. The van der Waals surface area contributed by atoms with Gasteiger partial charge in [-0.3, -0.25) is 3.93 Å². The molecule has 36 heavy (non-hydrogen) atoms. The summed E-state index contributed by atoms with van der Waals surface area (Å²) in [7, 11) is 0. The van der Waals surface area contributed by atoms with Crippen LogP contribution in [0.5, 0.6) is 11.5 Å². The first-order valence-corrected chi connectivity index (χ1v) is 12.4. The maximum Gasteiger partial charge on any atom is 0.222 e. The third-order valence-corrected chi connectivity index (χ3v) is 6.42. The zero-order chi connectivity index (χ0) is 24.9. The molecular formula is C29H25BrN4O2. The van der Waals surface area contributed by atoms with Crippen molar-refractivity contribution in [2.75, 3.05) is 16.3 Å². The average molecular weight is 541 g/mol. The lowest BCUT2D eigenvalue weighted by atomic mass is 10.0. The average Bonchev–Trinajstić information content (AvgIpc) is 2.92. The van der Waals surface area contributed by atoms with Crippen molar-refractivity contribution in [1.29, 1.82) is 0 Å². The van der Waals surface area contributed by atoms with E-state index in [2.05, 4.69) is 32.2 Å². The summed E-state index contributed by atoms with van der Waals surface area (Å²) in [4.78, 5) is 8.97. The van der Waals surface area contributed by atoms with Gasteiger partial charge in [-0.05, 0) is 60.0 Å². The summed E-state index contributed by atoms with van der Waals surface area (Å²) >= 11 is 3.66. The molecular weight excluding hydrogens is 516 g/mol. The molecule has 0 radical (unpaired) electrons. The fourth-order valence-electron chi connectivity index (χ4n) is 3.95. The largest absolute Gasteiger partial charge is 0.490 e. The summed E-state index contributed by atoms with van der Waals surface area (Å²) in [5.74, 6) is 2.28. The van der Waals surface area contributed by atoms with E-state index in [1.165, 1.54) is 0 Å². The van der Waals surface area contributed by atoms with Gasteiger partial charge in [-0.25, -0.2) is 4.98 Å². The van der Waals surface area contributed by atoms with Gasteiger partial charge in [0.2, 0.25) is 5.95 Å². The van der Waals surface area contributed by atoms with Crippen LogP contribution in [0.15, 0.2) is 97.1 Å². The summed E-state index contributed by atoms with van der Waals surface area (Å²) in [5, 5.41) is 0.864. The van der Waals surface area contributed by atoms with Crippen molar-refractivity contribution in [3.8, 4) is 22.6 Å². The first-order valence-electron chi connectivity index (χ1n) is 11.6. The minimum atomic E-state index is 0.211. The molecule has 0 amide bonds. The van der Waals surface area contributed by atoms with Crippen LogP contribution in [0.25, 0.3) is 22.0 Å². The minimum absolute atomic E-state index is 0.211. The van der Waals surface area contributed by atoms with Gasteiger partial charge in [0.25, 0.3) is 0 Å². The maximum atomic E-state index is 6.18. The Bertz CT molecular complexity index is 1480. The van der Waals surface area contributed by atoms with E-state index >= 15 is 0 Å². The Morgan fingerprint density at radius 1 is 0.778 bits per heavy atom. The van der Waals surface area contributed by atoms with Crippen LogP contribution in [0.4, 0.5) is 17.5 Å². The molecule has 0 fully saturated rings. The van der Waals surface area contributed by atoms with Crippen LogP contribution in [0.1, 0.15) is 12.5 Å². The highest BCUT2D eigenvalue weighted by atomic mass is 79.9. The monoisotopic (exact) mass is 540 g/mol. The fraction of sp³-hybridized carbons (Fsp3) is 0.103. The third kappa shape index (κ3) is 5.11. The highest BCUT2D eigenvalue weighted by Crippen LogP contribution is 2.38. The fourth-order valence-corrected chi connectivity index (χ4v) is 4.46. The lowest BCUT2D eigenvalue weighted by molar-refractivity contribution is 0.269. The minimum Gasteiger partial charge on any atom is -0.490 e. The number of aromatic nitrogens is 2. The molecule has 5 rings (SSSR count). The molecule has 0 aliphatic rings. The second-order valence-electron chi connectivity index (χ2n) is 8.12. The Kier molecular flexibility index (Phi) is 7.00. The molecule has 0 unspecified atom stereocenters. The maximum absolute atomic E-state index is 6.18. The summed E-state index contributed by atoms with van der Waals surface area (Å²) < 4.78 is 13.8. The highest BCUT2D eigenvalue weighted by molar-refractivity contribution is 9.10. The molecule has 1 aromatic heterocycles. The second kappa shape index (κ2) is 10.7. The lowest BCUT2D eigenvalue weighted by Gasteiger charge is -2.18. The Morgan fingerprint density at radius 3 is 2.22 bits per heavy atom. The summed E-state index contributed by atoms with van der Waals surface area (Å²) in [5.41, 5.74) is 10.8. The predicted molar refractivity (Wildman–Crippen MR) is 149 cm³/mol. The Labute approximate surface area is 218 Å². The summed E-state index contributed by atoms with van der Waals surface area (Å²) in [6, 6.07) is 32.0. The number of ether oxygens (including phenoxy) is 2. The van der Waals surface area contributed by atoms with E-state index < -0.39 is 0 Å². The van der Waals surface area contributed by atoms with Gasteiger partial charge in [-0.1, -0.05) is 60.7 Å². The van der Waals surface area contributed by atoms with Crippen molar-refractivity contribution < 1.29 is 9.47 Å². The Morgan fingerprint density at radius 2 is 1.47 bits per heavy atom. The van der Waals surface area contributed by atoms with E-state index in [0.717, 1.165) is 33.3 Å². The van der Waals surface area contributed by atoms with E-state index in [9.17, 15) is 0 Å². The van der Waals surface area contributed by atoms with Gasteiger partial charge < -0.3 is 15.2 Å². The summed E-state index contributed by atoms with van der Waals surface area (Å²) in [6.45, 7) is 2.97. The van der Waals surface area contributed by atoms with Crippen molar-refractivity contribution >= 4 is 44.5 Å². The van der Waals surface area contributed by atoms with Gasteiger partial charge in [0.15, 0.2) is 17.3 Å². The molecule has 6 nitrogen and oxygen atoms in total. The lowest BCUT2D eigenvalue weighted by Crippen LogP contribution is -2.07. The molecule has 0 saturated heterocycles. The molecule has 0 bridgehead atoms. The van der Waals surface area contributed by atoms with Crippen LogP contribution in [0.3, 0.4) is 0 Å². The second-order valence-corrected chi connectivity index (χ2v) is 8.83. The molecule has 1 heterocycles. The number of fused-ring (bicyclic) bond motifs is 1. The van der Waals surface area contributed by atoms with Crippen LogP contribution in [0, 0.1) is 0 Å². The molecule has 0 atom stereocenters. The van der Waals surface area contributed by atoms with Gasteiger partial charge in [-0.15, -0.1) is 0 Å². The van der Waals surface area contributed by atoms with Crippen LogP contribution < -0.4 is 19.1 Å². The van der Waals surface area contributed by atoms with Crippen LogP contribution in [-0.4, -0.2) is 16.6 Å². The molecule has 4 aromatic carbocycles. The van der Waals surface area contributed by atoms with Gasteiger partial charge >= 0.3 is 0 Å². The number of nitrogens with two attached hydrogens (primary N) is 1. The van der Waals surface area contributed by atoms with Crippen LogP contribution in [0.2, 0.25) is 0 Å². The number of nitrogens with zero attached hydrogens (tertiary/aromatic N) is 3. The van der Waals surface area contributed by atoms with E-state index in [1.807, 2.05) is 102 Å². The predicted octanol–water partition coefficient (Wildman–Crippen LogP) is 7.30. The standard InChI is InChI=1S/C29H25BrN4O2/c1-2-35-26-16-14-22(18-27(26)36-19-20-9-5-3-6-10-20)21-13-15-25-24(17-21)28(33-29(31)32-25)34(30)23-11-7-4-8-12-23/h3-18H,2,19H2,1H3,(H2,31,32,33). The number of halogens is 1. The van der Waals surface area contributed by atoms with E-state index in [0.29, 0.717) is 30.5 Å². The molecule has 7 heteroatoms. The molecule has 0 saturated carbocycles. The third-order valence-electron chi connectivity index (χ3n) is 5.68. The normalized spacial score (nSPS) is 10.8. The molecule has 5 aromatic rings. The first-order chi connectivity index (χ1) is 17.6. The Hall–Kier alpha value is -4.10. The van der Waals surface area contributed by atoms with Crippen LogP contribution >= 0.6 is 16.1 Å². The number of hydrogen-bond donors (Lipinski definition) is 1. The number of para-hydroxylation sites is 1. The van der Waals surface area contributed by atoms with E-state index in [-0.39, 0.29) is 5.95 Å². The molecule has 0 spiro atoms. The van der Waals surface area contributed by atoms with Crippen LogP contribution in [-0.2, 0) is 6.61 Å². The SMILES string of the molecule is CCOc1ccc(-c2ccc3nc(N)nc(N(Br)c4ccccc4)c3c2)cc1OCc1ccccc1. The van der Waals surface area contributed by atoms with Crippen molar-refractivity contribution in [1.82, 2.24) is 9.97 Å². The molecule has 0 aliphatic heterocycles. The highest BCUT2D eigenvalue weighted by Gasteiger charge is 2.16. The van der Waals surface area contributed by atoms with E-state index in [4.69, 9.17) is 15.2 Å². The van der Waals surface area contributed by atoms with Crippen molar-refractivity contribution in [2.45, 2.75) is 13.5 Å². The number of nitrogen functional groups attached to an aromatic ring is 1. The quantitative estimate of drug-likeness (QED) is 0.208. The molecule has 0 aliphatic carbocycles. The van der Waals surface area contributed by atoms with Gasteiger partial charge in [0, 0.05) is 5.39 Å². The van der Waals surface area contributed by atoms with Gasteiger partial charge in [0.05, 0.1) is 34.0 Å². The number of benzene rings is 4. The summed E-state index contributed by atoms with van der Waals surface area (Å²) in [6.07, 6.45) is 0. The van der Waals surface area contributed by atoms with Gasteiger partial charge in [0.1, 0.15) is 6.61 Å². The number of anilines is 3. The number of rotatable bonds is 8. The van der Waals surface area contributed by atoms with Gasteiger partial charge in [-0.2, -0.15) is 4.98 Å². The first kappa shape index (κ1) is 23.6. The topological polar surface area (TPSA) is 73.5 Å². The van der Waals surface area contributed by atoms with Crippen molar-refractivity contribution in [3.63, 3.8) is 0 Å². The van der Waals surface area contributed by atoms with Crippen molar-refractivity contribution in [2.24, 2.45) is 0 Å². The smallest absolute Gasteiger partial charge is 0.222 e. The Balaban J connectivity index is 1.54. The zero-order valence-corrected chi connectivity index (χ0v) is 21.4. The zero-order valence-electron chi connectivity index (χ0n) is 19.8.